The van der Waals surface area contributed by atoms with Crippen molar-refractivity contribution in [3.63, 3.8) is 0 Å². The van der Waals surface area contributed by atoms with Gasteiger partial charge in [-0.2, -0.15) is 0 Å². The molecule has 2 heteroatoms. The van der Waals surface area contributed by atoms with Gasteiger partial charge in [0.05, 0.1) is 12.7 Å². The van der Waals surface area contributed by atoms with Crippen molar-refractivity contribution in [1.29, 1.82) is 0 Å². The lowest BCUT2D eigenvalue weighted by atomic mass is 9.94. The van der Waals surface area contributed by atoms with Gasteiger partial charge in [0.1, 0.15) is 0 Å². The third-order valence-corrected chi connectivity index (χ3v) is 2.48. The van der Waals surface area contributed by atoms with Crippen molar-refractivity contribution >= 4 is 0 Å². The van der Waals surface area contributed by atoms with Gasteiger partial charge in [0.15, 0.2) is 0 Å². The van der Waals surface area contributed by atoms with E-state index in [1.165, 1.54) is 0 Å². The summed E-state index contributed by atoms with van der Waals surface area (Å²) < 4.78 is 5.68. The summed E-state index contributed by atoms with van der Waals surface area (Å²) in [5, 5.41) is 0. The summed E-state index contributed by atoms with van der Waals surface area (Å²) in [6, 6.07) is 0.412. The van der Waals surface area contributed by atoms with Gasteiger partial charge in [0.25, 0.3) is 0 Å². The van der Waals surface area contributed by atoms with Gasteiger partial charge in [-0.15, -0.1) is 11.8 Å². The van der Waals surface area contributed by atoms with Gasteiger partial charge in [-0.05, 0) is 32.6 Å². The maximum atomic E-state index is 5.80. The molecule has 2 nitrogen and oxygen atoms in total. The zero-order valence-electron chi connectivity index (χ0n) is 8.38. The molecular weight excluding hydrogens is 162 g/mol. The first-order chi connectivity index (χ1) is 6.33. The summed E-state index contributed by atoms with van der Waals surface area (Å²) in [4.78, 5) is 0. The molecule has 0 aromatic carbocycles. The smallest absolute Gasteiger partial charge is 0.0579 e. The average molecular weight is 181 g/mol. The second-order valence-corrected chi connectivity index (χ2v) is 3.58. The number of ether oxygens (including phenoxy) is 1. The van der Waals surface area contributed by atoms with Gasteiger partial charge in [0, 0.05) is 12.5 Å². The largest absolute Gasteiger partial charge is 0.377 e. The molecule has 13 heavy (non-hydrogen) atoms. The Balaban J connectivity index is 2.04. The summed E-state index contributed by atoms with van der Waals surface area (Å²) in [6.07, 6.45) is 5.79. The third kappa shape index (κ3) is 4.31. The fourth-order valence-corrected chi connectivity index (χ4v) is 1.66. The molecule has 1 aliphatic carbocycles. The minimum atomic E-state index is 0.412. The minimum absolute atomic E-state index is 0.412. The SMILES string of the molecule is CC#CCCOC1CCC(N)CC1. The molecule has 0 saturated heterocycles. The molecule has 0 aliphatic heterocycles. The molecule has 0 atom stereocenters. The summed E-state index contributed by atoms with van der Waals surface area (Å²) in [5.41, 5.74) is 5.80. The van der Waals surface area contributed by atoms with Crippen LogP contribution in [0.2, 0.25) is 0 Å². The lowest BCUT2D eigenvalue weighted by molar-refractivity contribution is 0.0286. The van der Waals surface area contributed by atoms with Crippen molar-refractivity contribution in [2.75, 3.05) is 6.61 Å². The van der Waals surface area contributed by atoms with Crippen LogP contribution in [0.25, 0.3) is 0 Å². The molecule has 2 N–H and O–H groups in total. The number of nitrogens with two attached hydrogens (primary N) is 1. The van der Waals surface area contributed by atoms with E-state index in [-0.39, 0.29) is 0 Å². The molecular formula is C11H19NO. The van der Waals surface area contributed by atoms with Crippen molar-refractivity contribution in [2.45, 2.75) is 51.2 Å². The van der Waals surface area contributed by atoms with Crippen LogP contribution in [0.5, 0.6) is 0 Å². The molecule has 0 aromatic rings. The standard InChI is InChI=1S/C11H19NO/c1-2-3-4-9-13-11-7-5-10(12)6-8-11/h10-11H,4-9,12H2,1H3. The zero-order valence-corrected chi connectivity index (χ0v) is 8.38. The van der Waals surface area contributed by atoms with E-state index in [9.17, 15) is 0 Å². The summed E-state index contributed by atoms with van der Waals surface area (Å²) in [6.45, 7) is 2.64. The Hall–Kier alpha value is -0.520. The summed E-state index contributed by atoms with van der Waals surface area (Å²) >= 11 is 0. The predicted octanol–water partition coefficient (Wildman–Crippen LogP) is 1.69. The minimum Gasteiger partial charge on any atom is -0.377 e. The highest BCUT2D eigenvalue weighted by molar-refractivity contribution is 4.94. The van der Waals surface area contributed by atoms with Gasteiger partial charge in [-0.1, -0.05) is 0 Å². The molecule has 0 radical (unpaired) electrons. The first-order valence-electron chi connectivity index (χ1n) is 5.09. The Morgan fingerprint density at radius 1 is 1.31 bits per heavy atom. The van der Waals surface area contributed by atoms with Crippen molar-refractivity contribution in [3.05, 3.63) is 0 Å². The normalized spacial score (nSPS) is 27.8. The van der Waals surface area contributed by atoms with E-state index in [1.807, 2.05) is 6.92 Å². The van der Waals surface area contributed by atoms with E-state index in [0.29, 0.717) is 12.1 Å². The first kappa shape index (κ1) is 10.6. The molecule has 0 spiro atoms. The van der Waals surface area contributed by atoms with Crippen LogP contribution in [0.1, 0.15) is 39.0 Å². The van der Waals surface area contributed by atoms with Gasteiger partial charge in [0.2, 0.25) is 0 Å². The number of hydrogen-bond acceptors (Lipinski definition) is 2. The lowest BCUT2D eigenvalue weighted by Gasteiger charge is -2.25. The van der Waals surface area contributed by atoms with Crippen LogP contribution in [0.3, 0.4) is 0 Å². The van der Waals surface area contributed by atoms with E-state index in [1.54, 1.807) is 0 Å². The maximum Gasteiger partial charge on any atom is 0.0579 e. The fourth-order valence-electron chi connectivity index (χ4n) is 1.66. The van der Waals surface area contributed by atoms with Crippen LogP contribution in [0.15, 0.2) is 0 Å². The highest BCUT2D eigenvalue weighted by Gasteiger charge is 2.18. The van der Waals surface area contributed by atoms with Gasteiger partial charge < -0.3 is 10.5 Å². The topological polar surface area (TPSA) is 35.2 Å². The van der Waals surface area contributed by atoms with Crippen LogP contribution in [0.4, 0.5) is 0 Å². The quantitative estimate of drug-likeness (QED) is 0.531. The van der Waals surface area contributed by atoms with E-state index < -0.39 is 0 Å². The molecule has 74 valence electrons. The zero-order chi connectivity index (χ0) is 9.52. The Kier molecular flexibility index (Phi) is 4.88. The maximum absolute atomic E-state index is 5.80. The molecule has 1 aliphatic rings. The van der Waals surface area contributed by atoms with E-state index in [0.717, 1.165) is 38.7 Å². The summed E-state index contributed by atoms with van der Waals surface area (Å²) in [7, 11) is 0. The first-order valence-corrected chi connectivity index (χ1v) is 5.09. The molecule has 1 saturated carbocycles. The molecule has 0 heterocycles. The number of rotatable bonds is 3. The lowest BCUT2D eigenvalue weighted by Crippen LogP contribution is -2.30. The Labute approximate surface area is 80.8 Å². The van der Waals surface area contributed by atoms with Crippen molar-refractivity contribution < 1.29 is 4.74 Å². The Bertz CT molecular complexity index is 184. The Morgan fingerprint density at radius 2 is 2.00 bits per heavy atom. The highest BCUT2D eigenvalue weighted by Crippen LogP contribution is 2.19. The van der Waals surface area contributed by atoms with Crippen LogP contribution in [-0.4, -0.2) is 18.8 Å². The van der Waals surface area contributed by atoms with Crippen LogP contribution < -0.4 is 5.73 Å². The second kappa shape index (κ2) is 6.01. The highest BCUT2D eigenvalue weighted by atomic mass is 16.5. The molecule has 0 unspecified atom stereocenters. The van der Waals surface area contributed by atoms with Crippen molar-refractivity contribution in [2.24, 2.45) is 5.73 Å². The van der Waals surface area contributed by atoms with E-state index in [4.69, 9.17) is 10.5 Å². The van der Waals surface area contributed by atoms with Gasteiger partial charge >= 0.3 is 0 Å². The van der Waals surface area contributed by atoms with Gasteiger partial charge in [-0.25, -0.2) is 0 Å². The monoisotopic (exact) mass is 181 g/mol. The average Bonchev–Trinajstić information content (AvgIpc) is 2.15. The molecule has 0 amide bonds. The summed E-state index contributed by atoms with van der Waals surface area (Å²) in [5.74, 6) is 5.86. The van der Waals surface area contributed by atoms with Crippen LogP contribution in [0, 0.1) is 11.8 Å². The van der Waals surface area contributed by atoms with E-state index in [2.05, 4.69) is 11.8 Å². The molecule has 1 rings (SSSR count). The van der Waals surface area contributed by atoms with E-state index >= 15 is 0 Å². The van der Waals surface area contributed by atoms with Crippen molar-refractivity contribution in [1.82, 2.24) is 0 Å². The van der Waals surface area contributed by atoms with Gasteiger partial charge in [-0.3, -0.25) is 0 Å². The fraction of sp³-hybridized carbons (Fsp3) is 0.818. The molecule has 0 bridgehead atoms. The Morgan fingerprint density at radius 3 is 2.62 bits per heavy atom. The molecule has 1 fully saturated rings. The predicted molar refractivity (Wildman–Crippen MR) is 54.3 cm³/mol. The molecule has 0 aromatic heterocycles. The van der Waals surface area contributed by atoms with Crippen LogP contribution in [-0.2, 0) is 4.74 Å². The second-order valence-electron chi connectivity index (χ2n) is 3.58. The third-order valence-electron chi connectivity index (χ3n) is 2.48. The van der Waals surface area contributed by atoms with Crippen LogP contribution >= 0.6 is 0 Å². The number of hydrogen-bond donors (Lipinski definition) is 1. The van der Waals surface area contributed by atoms with Crippen molar-refractivity contribution in [3.8, 4) is 11.8 Å².